The maximum atomic E-state index is 12.5. The molecule has 2 atom stereocenters. The van der Waals surface area contributed by atoms with Gasteiger partial charge in [0.05, 0.1) is 0 Å². The van der Waals surface area contributed by atoms with E-state index in [1.165, 1.54) is 19.3 Å². The second-order valence-electron chi connectivity index (χ2n) is 6.57. The van der Waals surface area contributed by atoms with Crippen molar-refractivity contribution in [3.05, 3.63) is 0 Å². The summed E-state index contributed by atoms with van der Waals surface area (Å²) in [6.07, 6.45) is 7.88. The zero-order valence-electron chi connectivity index (χ0n) is 13.4. The van der Waals surface area contributed by atoms with Crippen LogP contribution >= 0.6 is 0 Å². The summed E-state index contributed by atoms with van der Waals surface area (Å²) in [5.74, 6) is 0. The Morgan fingerprint density at radius 2 is 1.90 bits per heavy atom. The first kappa shape index (κ1) is 16.6. The lowest BCUT2D eigenvalue weighted by Crippen LogP contribution is -2.53. The quantitative estimate of drug-likeness (QED) is 0.814. The normalized spacial score (nSPS) is 25.6. The van der Waals surface area contributed by atoms with E-state index < -0.39 is 0 Å². The number of hydrogen-bond donors (Lipinski definition) is 2. The molecule has 5 nitrogen and oxygen atoms in total. The molecule has 0 aliphatic carbocycles. The number of carbonyl (C=O) groups excluding carboxylic acids is 1. The average molecular weight is 297 g/mol. The van der Waals surface area contributed by atoms with Crippen LogP contribution in [0.25, 0.3) is 0 Å². The van der Waals surface area contributed by atoms with Gasteiger partial charge in [-0.05, 0) is 58.5 Å². The van der Waals surface area contributed by atoms with E-state index >= 15 is 0 Å². The number of piperidine rings is 2. The van der Waals surface area contributed by atoms with Crippen molar-refractivity contribution in [3.63, 3.8) is 0 Å². The molecule has 0 aromatic heterocycles. The fourth-order valence-corrected chi connectivity index (χ4v) is 3.59. The van der Waals surface area contributed by atoms with Crippen molar-refractivity contribution in [1.29, 1.82) is 0 Å². The molecule has 2 fully saturated rings. The van der Waals surface area contributed by atoms with Crippen molar-refractivity contribution in [3.8, 4) is 0 Å². The zero-order chi connectivity index (χ0) is 15.1. The van der Waals surface area contributed by atoms with Gasteiger partial charge in [-0.2, -0.15) is 0 Å². The number of aliphatic hydroxyl groups is 1. The number of urea groups is 1. The third kappa shape index (κ3) is 5.15. The minimum Gasteiger partial charge on any atom is -0.396 e. The first-order chi connectivity index (χ1) is 10.2. The predicted octanol–water partition coefficient (Wildman–Crippen LogP) is 1.81. The first-order valence-electron chi connectivity index (χ1n) is 8.61. The van der Waals surface area contributed by atoms with Crippen molar-refractivity contribution < 1.29 is 9.90 Å². The largest absolute Gasteiger partial charge is 0.396 e. The number of amides is 2. The fourth-order valence-electron chi connectivity index (χ4n) is 3.59. The molecular weight excluding hydrogens is 266 g/mol. The molecule has 0 saturated carbocycles. The summed E-state index contributed by atoms with van der Waals surface area (Å²) in [6, 6.07) is 0.455. The summed E-state index contributed by atoms with van der Waals surface area (Å²) in [5, 5.41) is 12.3. The van der Waals surface area contributed by atoms with Crippen LogP contribution in [-0.4, -0.2) is 65.8 Å². The molecule has 2 aliphatic rings. The Kier molecular flexibility index (Phi) is 6.77. The molecule has 0 bridgehead atoms. The number of nitrogens with one attached hydrogen (secondary N) is 1. The van der Waals surface area contributed by atoms with Gasteiger partial charge in [0, 0.05) is 31.8 Å². The van der Waals surface area contributed by atoms with Crippen molar-refractivity contribution >= 4 is 6.03 Å². The van der Waals surface area contributed by atoms with E-state index in [-0.39, 0.29) is 24.7 Å². The number of rotatable bonds is 5. The van der Waals surface area contributed by atoms with Gasteiger partial charge < -0.3 is 20.2 Å². The summed E-state index contributed by atoms with van der Waals surface area (Å²) in [4.78, 5) is 16.8. The molecule has 122 valence electrons. The Labute approximate surface area is 128 Å². The lowest BCUT2D eigenvalue weighted by molar-refractivity contribution is 0.127. The van der Waals surface area contributed by atoms with Crippen molar-refractivity contribution in [2.24, 2.45) is 0 Å². The Morgan fingerprint density at radius 1 is 1.19 bits per heavy atom. The maximum absolute atomic E-state index is 12.5. The van der Waals surface area contributed by atoms with E-state index in [2.05, 4.69) is 17.1 Å². The predicted molar refractivity (Wildman–Crippen MR) is 84.3 cm³/mol. The van der Waals surface area contributed by atoms with Crippen LogP contribution in [0.3, 0.4) is 0 Å². The molecule has 2 N–H and O–H groups in total. The molecule has 0 radical (unpaired) electrons. The molecule has 0 aromatic rings. The minimum absolute atomic E-state index is 0.0534. The van der Waals surface area contributed by atoms with E-state index in [1.54, 1.807) is 0 Å². The molecule has 5 heteroatoms. The van der Waals surface area contributed by atoms with Gasteiger partial charge in [0.15, 0.2) is 0 Å². The first-order valence-corrected chi connectivity index (χ1v) is 8.61. The van der Waals surface area contributed by atoms with Crippen molar-refractivity contribution in [1.82, 2.24) is 15.1 Å². The van der Waals surface area contributed by atoms with Gasteiger partial charge in [-0.15, -0.1) is 0 Å². The van der Waals surface area contributed by atoms with Crippen LogP contribution in [0, 0.1) is 0 Å². The Bertz CT molecular complexity index is 317. The molecule has 2 rings (SSSR count). The van der Waals surface area contributed by atoms with Crippen LogP contribution in [0.1, 0.15) is 51.9 Å². The Balaban J connectivity index is 1.78. The van der Waals surface area contributed by atoms with Crippen LogP contribution in [0.15, 0.2) is 0 Å². The molecule has 2 unspecified atom stereocenters. The van der Waals surface area contributed by atoms with Gasteiger partial charge in [0.25, 0.3) is 0 Å². The highest BCUT2D eigenvalue weighted by molar-refractivity contribution is 5.75. The zero-order valence-corrected chi connectivity index (χ0v) is 13.4. The number of hydrogen-bond acceptors (Lipinski definition) is 3. The third-order valence-electron chi connectivity index (χ3n) is 4.70. The minimum atomic E-state index is 0.0534. The number of aliphatic hydroxyl groups excluding tert-OH is 1. The molecule has 2 amide bonds. The van der Waals surface area contributed by atoms with Crippen LogP contribution < -0.4 is 5.32 Å². The summed E-state index contributed by atoms with van der Waals surface area (Å²) in [7, 11) is 0. The van der Waals surface area contributed by atoms with Gasteiger partial charge in [0.1, 0.15) is 0 Å². The highest BCUT2D eigenvalue weighted by Crippen LogP contribution is 2.19. The maximum Gasteiger partial charge on any atom is 0.317 e. The summed E-state index contributed by atoms with van der Waals surface area (Å²) in [5.41, 5.74) is 0. The van der Waals surface area contributed by atoms with Crippen LogP contribution in [-0.2, 0) is 0 Å². The van der Waals surface area contributed by atoms with E-state index in [0.29, 0.717) is 6.42 Å². The molecule has 2 saturated heterocycles. The molecule has 0 spiro atoms. The van der Waals surface area contributed by atoms with Gasteiger partial charge in [-0.25, -0.2) is 4.79 Å². The van der Waals surface area contributed by atoms with Crippen molar-refractivity contribution in [2.75, 3.05) is 32.8 Å². The second kappa shape index (κ2) is 8.59. The summed E-state index contributed by atoms with van der Waals surface area (Å²) >= 11 is 0. The fraction of sp³-hybridized carbons (Fsp3) is 0.938. The SMILES string of the molecule is CC(CN1CCCCC1)NC(=O)N1CCCCC1CCO. The van der Waals surface area contributed by atoms with Gasteiger partial charge in [-0.1, -0.05) is 6.42 Å². The van der Waals surface area contributed by atoms with E-state index in [4.69, 9.17) is 5.11 Å². The van der Waals surface area contributed by atoms with Gasteiger partial charge in [0.2, 0.25) is 0 Å². The molecule has 2 heterocycles. The Hall–Kier alpha value is -0.810. The van der Waals surface area contributed by atoms with Gasteiger partial charge in [-0.3, -0.25) is 0 Å². The van der Waals surface area contributed by atoms with E-state index in [9.17, 15) is 4.79 Å². The molecule has 2 aliphatic heterocycles. The number of likely N-dealkylation sites (tertiary alicyclic amines) is 2. The number of nitrogens with zero attached hydrogens (tertiary/aromatic N) is 2. The van der Waals surface area contributed by atoms with Crippen LogP contribution in [0.2, 0.25) is 0 Å². The lowest BCUT2D eigenvalue weighted by Gasteiger charge is -2.37. The summed E-state index contributed by atoms with van der Waals surface area (Å²) in [6.45, 7) is 6.36. The number of carbonyl (C=O) groups is 1. The van der Waals surface area contributed by atoms with Gasteiger partial charge >= 0.3 is 6.03 Å². The highest BCUT2D eigenvalue weighted by Gasteiger charge is 2.27. The topological polar surface area (TPSA) is 55.8 Å². The highest BCUT2D eigenvalue weighted by atomic mass is 16.3. The smallest absolute Gasteiger partial charge is 0.317 e. The standard InChI is InChI=1S/C16H31N3O2/c1-14(13-18-9-4-2-5-10-18)17-16(21)19-11-6-3-7-15(19)8-12-20/h14-15,20H,2-13H2,1H3,(H,17,21). The molecule has 21 heavy (non-hydrogen) atoms. The van der Waals surface area contributed by atoms with Crippen LogP contribution in [0.4, 0.5) is 4.79 Å². The van der Waals surface area contributed by atoms with Crippen LogP contribution in [0.5, 0.6) is 0 Å². The second-order valence-corrected chi connectivity index (χ2v) is 6.57. The summed E-state index contributed by atoms with van der Waals surface area (Å²) < 4.78 is 0. The van der Waals surface area contributed by atoms with Crippen molar-refractivity contribution in [2.45, 2.75) is 64.0 Å². The lowest BCUT2D eigenvalue weighted by atomic mass is 10.00. The Morgan fingerprint density at radius 3 is 2.62 bits per heavy atom. The van der Waals surface area contributed by atoms with E-state index in [0.717, 1.165) is 45.4 Å². The monoisotopic (exact) mass is 297 g/mol. The molecular formula is C16H31N3O2. The van der Waals surface area contributed by atoms with E-state index in [1.807, 2.05) is 4.90 Å². The molecule has 0 aromatic carbocycles. The average Bonchev–Trinajstić information content (AvgIpc) is 2.49. The third-order valence-corrected chi connectivity index (χ3v) is 4.70.